The van der Waals surface area contributed by atoms with Crippen molar-refractivity contribution in [2.45, 2.75) is 39.3 Å². The molecular weight excluding hydrogens is 400 g/mol. The van der Waals surface area contributed by atoms with Crippen molar-refractivity contribution in [1.82, 2.24) is 9.55 Å². The molecule has 0 saturated heterocycles. The Balaban J connectivity index is 2.48. The summed E-state index contributed by atoms with van der Waals surface area (Å²) in [5, 5.41) is 0.969. The fourth-order valence-electron chi connectivity index (χ4n) is 2.34. The minimum absolute atomic E-state index is 0.0349. The average Bonchev–Trinajstić information content (AvgIpc) is 2.80. The number of rotatable bonds is 4. The number of methoxy groups -OCH3 is 1. The molecular formula is C16H18BrClN2O4. The highest BCUT2D eigenvalue weighted by Crippen LogP contribution is 2.33. The molecule has 2 heterocycles. The molecule has 6 nitrogen and oxygen atoms in total. The molecule has 0 atom stereocenters. The summed E-state index contributed by atoms with van der Waals surface area (Å²) < 4.78 is 12.4. The fourth-order valence-corrected chi connectivity index (χ4v) is 3.14. The Labute approximate surface area is 153 Å². The predicted octanol–water partition coefficient (Wildman–Crippen LogP) is 3.51. The first-order chi connectivity index (χ1) is 11.1. The molecule has 2 aromatic rings. The van der Waals surface area contributed by atoms with Crippen LogP contribution in [0.25, 0.3) is 10.9 Å². The van der Waals surface area contributed by atoms with E-state index in [1.54, 1.807) is 37.7 Å². The van der Waals surface area contributed by atoms with Gasteiger partial charge in [0.15, 0.2) is 5.15 Å². The lowest BCUT2D eigenvalue weighted by Crippen LogP contribution is -2.26. The molecule has 0 aliphatic heterocycles. The van der Waals surface area contributed by atoms with Gasteiger partial charge in [0.2, 0.25) is 0 Å². The van der Waals surface area contributed by atoms with E-state index in [9.17, 15) is 9.59 Å². The zero-order chi connectivity index (χ0) is 18.1. The summed E-state index contributed by atoms with van der Waals surface area (Å²) in [7, 11) is 1.33. The number of hydrogen-bond donors (Lipinski definition) is 0. The number of halogens is 2. The highest BCUT2D eigenvalue weighted by atomic mass is 79.9. The molecule has 2 rings (SSSR count). The van der Waals surface area contributed by atoms with Crippen molar-refractivity contribution in [2.24, 2.45) is 0 Å². The molecule has 24 heavy (non-hydrogen) atoms. The van der Waals surface area contributed by atoms with E-state index >= 15 is 0 Å². The van der Waals surface area contributed by atoms with Crippen LogP contribution in [-0.4, -0.2) is 34.2 Å². The Morgan fingerprint density at radius 1 is 1.33 bits per heavy atom. The molecule has 0 N–H and O–H groups in total. The van der Waals surface area contributed by atoms with Gasteiger partial charge in [-0.25, -0.2) is 4.98 Å². The maximum atomic E-state index is 12.1. The minimum atomic E-state index is -0.586. The zero-order valence-corrected chi connectivity index (χ0v) is 16.2. The molecule has 0 aromatic carbocycles. The van der Waals surface area contributed by atoms with E-state index in [2.05, 4.69) is 20.9 Å². The molecule has 0 unspecified atom stereocenters. The number of pyridine rings is 1. The molecule has 0 bridgehead atoms. The van der Waals surface area contributed by atoms with Crippen LogP contribution in [0, 0.1) is 0 Å². The lowest BCUT2D eigenvalue weighted by atomic mass is 10.1. The Hall–Kier alpha value is -1.60. The van der Waals surface area contributed by atoms with Crippen molar-refractivity contribution >= 4 is 50.4 Å². The molecule has 0 fully saturated rings. The molecule has 0 amide bonds. The third kappa shape index (κ3) is 4.27. The van der Waals surface area contributed by atoms with Crippen molar-refractivity contribution in [3.05, 3.63) is 27.6 Å². The summed E-state index contributed by atoms with van der Waals surface area (Å²) in [6.07, 6.45) is 3.32. The summed E-state index contributed by atoms with van der Waals surface area (Å²) in [6.45, 7) is 5.36. The second kappa shape index (κ2) is 7.11. The molecule has 8 heteroatoms. The summed E-state index contributed by atoms with van der Waals surface area (Å²) in [5.74, 6) is -0.786. The SMILES string of the molecule is COC(=O)Cc1cn(CC(=O)OC(C)(C)C)c2c(Cl)ncc(Br)c12. The van der Waals surface area contributed by atoms with Gasteiger partial charge in [-0.3, -0.25) is 9.59 Å². The first-order valence-electron chi connectivity index (χ1n) is 7.22. The van der Waals surface area contributed by atoms with Crippen LogP contribution >= 0.6 is 27.5 Å². The maximum absolute atomic E-state index is 12.1. The zero-order valence-electron chi connectivity index (χ0n) is 13.9. The Morgan fingerprint density at radius 3 is 2.58 bits per heavy atom. The first kappa shape index (κ1) is 18.7. The van der Waals surface area contributed by atoms with Crippen LogP contribution in [0.5, 0.6) is 0 Å². The largest absolute Gasteiger partial charge is 0.469 e. The number of carbonyl (C=O) groups is 2. The van der Waals surface area contributed by atoms with E-state index in [0.29, 0.717) is 15.6 Å². The van der Waals surface area contributed by atoms with Crippen molar-refractivity contribution in [3.63, 3.8) is 0 Å². The van der Waals surface area contributed by atoms with Crippen molar-refractivity contribution in [1.29, 1.82) is 0 Å². The van der Waals surface area contributed by atoms with Gasteiger partial charge in [0.1, 0.15) is 12.1 Å². The lowest BCUT2D eigenvalue weighted by Gasteiger charge is -2.19. The van der Waals surface area contributed by atoms with Crippen LogP contribution < -0.4 is 0 Å². The van der Waals surface area contributed by atoms with Gasteiger partial charge in [0.25, 0.3) is 0 Å². The quantitative estimate of drug-likeness (QED) is 0.562. The Morgan fingerprint density at radius 2 is 2.00 bits per heavy atom. The highest BCUT2D eigenvalue weighted by Gasteiger charge is 2.21. The minimum Gasteiger partial charge on any atom is -0.469 e. The summed E-state index contributed by atoms with van der Waals surface area (Å²) >= 11 is 9.63. The van der Waals surface area contributed by atoms with Crippen LogP contribution in [0.3, 0.4) is 0 Å². The van der Waals surface area contributed by atoms with Gasteiger partial charge in [0.05, 0.1) is 19.0 Å². The number of esters is 2. The van der Waals surface area contributed by atoms with Crippen molar-refractivity contribution < 1.29 is 19.1 Å². The second-order valence-corrected chi connectivity index (χ2v) is 7.45. The topological polar surface area (TPSA) is 70.4 Å². The maximum Gasteiger partial charge on any atom is 0.326 e. The number of aromatic nitrogens is 2. The van der Waals surface area contributed by atoms with E-state index in [1.807, 2.05) is 0 Å². The first-order valence-corrected chi connectivity index (χ1v) is 8.40. The van der Waals surface area contributed by atoms with Gasteiger partial charge >= 0.3 is 11.9 Å². The van der Waals surface area contributed by atoms with Gasteiger partial charge in [0, 0.05) is 22.3 Å². The second-order valence-electron chi connectivity index (χ2n) is 6.24. The molecule has 2 aromatic heterocycles. The lowest BCUT2D eigenvalue weighted by molar-refractivity contribution is -0.155. The van der Waals surface area contributed by atoms with E-state index < -0.39 is 11.6 Å². The summed E-state index contributed by atoms with van der Waals surface area (Å²) in [5.41, 5.74) is 0.671. The third-order valence-corrected chi connectivity index (χ3v) is 4.04. The number of ether oxygens (including phenoxy) is 2. The molecule has 0 aliphatic rings. The Bertz CT molecular complexity index is 795. The summed E-state index contributed by atoms with van der Waals surface area (Å²) in [4.78, 5) is 27.9. The van der Waals surface area contributed by atoms with Crippen LogP contribution in [0.2, 0.25) is 5.15 Å². The predicted molar refractivity (Wildman–Crippen MR) is 94.0 cm³/mol. The van der Waals surface area contributed by atoms with Crippen LogP contribution in [-0.2, 0) is 32.0 Å². The van der Waals surface area contributed by atoms with E-state index in [4.69, 9.17) is 21.1 Å². The van der Waals surface area contributed by atoms with Crippen LogP contribution in [0.1, 0.15) is 26.3 Å². The molecule has 0 spiro atoms. The normalized spacial score (nSPS) is 11.6. The van der Waals surface area contributed by atoms with Crippen molar-refractivity contribution in [2.75, 3.05) is 7.11 Å². The standard InChI is InChI=1S/C16H18BrClN2O4/c1-16(2,3)24-12(22)8-20-7-9(5-11(21)23-4)13-10(17)6-19-15(18)14(13)20/h6-7H,5,8H2,1-4H3. The van der Waals surface area contributed by atoms with E-state index in [-0.39, 0.29) is 24.1 Å². The molecule has 0 aliphatic carbocycles. The summed E-state index contributed by atoms with van der Waals surface area (Å²) in [6, 6.07) is 0. The van der Waals surface area contributed by atoms with Gasteiger partial charge in [-0.1, -0.05) is 11.6 Å². The number of carbonyl (C=O) groups excluding carboxylic acids is 2. The van der Waals surface area contributed by atoms with E-state index in [1.165, 1.54) is 7.11 Å². The monoisotopic (exact) mass is 416 g/mol. The van der Waals surface area contributed by atoms with Gasteiger partial charge < -0.3 is 14.0 Å². The molecule has 130 valence electrons. The number of nitrogens with zero attached hydrogens (tertiary/aromatic N) is 2. The van der Waals surface area contributed by atoms with Crippen LogP contribution in [0.15, 0.2) is 16.9 Å². The van der Waals surface area contributed by atoms with Gasteiger partial charge in [-0.05, 0) is 42.3 Å². The molecule has 0 radical (unpaired) electrons. The molecule has 0 saturated carbocycles. The number of hydrogen-bond acceptors (Lipinski definition) is 5. The van der Waals surface area contributed by atoms with Crippen LogP contribution in [0.4, 0.5) is 0 Å². The average molecular weight is 418 g/mol. The van der Waals surface area contributed by atoms with Gasteiger partial charge in [-0.2, -0.15) is 0 Å². The Kier molecular flexibility index (Phi) is 5.55. The third-order valence-electron chi connectivity index (χ3n) is 3.16. The number of fused-ring (bicyclic) bond motifs is 1. The smallest absolute Gasteiger partial charge is 0.326 e. The fraction of sp³-hybridized carbons (Fsp3) is 0.438. The van der Waals surface area contributed by atoms with Crippen molar-refractivity contribution in [3.8, 4) is 0 Å². The highest BCUT2D eigenvalue weighted by molar-refractivity contribution is 9.10. The van der Waals surface area contributed by atoms with Gasteiger partial charge in [-0.15, -0.1) is 0 Å². The van der Waals surface area contributed by atoms with E-state index in [0.717, 1.165) is 5.39 Å².